The first-order chi connectivity index (χ1) is 7.83. The fourth-order valence-corrected chi connectivity index (χ4v) is 2.29. The minimum absolute atomic E-state index is 0.0810. The molecule has 0 saturated heterocycles. The summed E-state index contributed by atoms with van der Waals surface area (Å²) in [6.45, 7) is 0. The topological polar surface area (TPSA) is 55.1 Å². The quantitative estimate of drug-likeness (QED) is 0.849. The second-order valence-corrected chi connectivity index (χ2v) is 4.84. The predicted octanol–water partition coefficient (Wildman–Crippen LogP) is 2.22. The van der Waals surface area contributed by atoms with Crippen molar-refractivity contribution in [1.82, 2.24) is 10.5 Å². The van der Waals surface area contributed by atoms with Gasteiger partial charge in [-0.15, -0.1) is 0 Å². The van der Waals surface area contributed by atoms with Crippen LogP contribution in [0.1, 0.15) is 60.7 Å². The second kappa shape index (κ2) is 3.92. The molecule has 0 radical (unpaired) electrons. The van der Waals surface area contributed by atoms with Crippen LogP contribution in [0.15, 0.2) is 10.6 Å². The van der Waals surface area contributed by atoms with Crippen molar-refractivity contribution in [2.75, 3.05) is 0 Å². The van der Waals surface area contributed by atoms with Gasteiger partial charge in [-0.05, 0) is 25.7 Å². The molecule has 4 heteroatoms. The third-order valence-electron chi connectivity index (χ3n) is 3.43. The van der Waals surface area contributed by atoms with Gasteiger partial charge in [0.25, 0.3) is 5.91 Å². The Morgan fingerprint density at radius 3 is 2.75 bits per heavy atom. The Labute approximate surface area is 94.4 Å². The molecule has 3 rings (SSSR count). The Hall–Kier alpha value is -1.32. The van der Waals surface area contributed by atoms with E-state index in [1.807, 2.05) is 0 Å². The average molecular weight is 220 g/mol. The van der Waals surface area contributed by atoms with E-state index in [9.17, 15) is 4.79 Å². The Balaban J connectivity index is 1.63. The number of aromatic nitrogens is 1. The SMILES string of the molecule is O=C(NC1CCCC1)c1cc(C2CC2)on1. The molecule has 0 unspecified atom stereocenters. The van der Waals surface area contributed by atoms with Gasteiger partial charge >= 0.3 is 0 Å². The number of carbonyl (C=O) groups is 1. The summed E-state index contributed by atoms with van der Waals surface area (Å²) in [7, 11) is 0. The molecule has 1 N–H and O–H groups in total. The van der Waals surface area contributed by atoms with Crippen molar-refractivity contribution in [2.24, 2.45) is 0 Å². The van der Waals surface area contributed by atoms with Crippen molar-refractivity contribution in [3.8, 4) is 0 Å². The summed E-state index contributed by atoms with van der Waals surface area (Å²) < 4.78 is 5.16. The number of hydrogen-bond acceptors (Lipinski definition) is 3. The smallest absolute Gasteiger partial charge is 0.273 e. The maximum atomic E-state index is 11.8. The van der Waals surface area contributed by atoms with Gasteiger partial charge in [0, 0.05) is 18.0 Å². The third kappa shape index (κ3) is 1.96. The fraction of sp³-hybridized carbons (Fsp3) is 0.667. The maximum Gasteiger partial charge on any atom is 0.273 e. The molecule has 4 nitrogen and oxygen atoms in total. The van der Waals surface area contributed by atoms with E-state index in [2.05, 4.69) is 10.5 Å². The van der Waals surface area contributed by atoms with Crippen molar-refractivity contribution in [1.29, 1.82) is 0 Å². The zero-order valence-electron chi connectivity index (χ0n) is 9.24. The Kier molecular flexibility index (Phi) is 2.42. The van der Waals surface area contributed by atoms with Crippen molar-refractivity contribution in [2.45, 2.75) is 50.5 Å². The van der Waals surface area contributed by atoms with Gasteiger partial charge < -0.3 is 9.84 Å². The molecule has 2 aliphatic carbocycles. The zero-order valence-corrected chi connectivity index (χ0v) is 9.24. The van der Waals surface area contributed by atoms with Crippen LogP contribution < -0.4 is 5.32 Å². The van der Waals surface area contributed by atoms with Crippen LogP contribution in [0.3, 0.4) is 0 Å². The largest absolute Gasteiger partial charge is 0.360 e. The molecular weight excluding hydrogens is 204 g/mol. The van der Waals surface area contributed by atoms with E-state index in [0.29, 0.717) is 17.7 Å². The van der Waals surface area contributed by atoms with Crippen LogP contribution in [0.5, 0.6) is 0 Å². The van der Waals surface area contributed by atoms with Gasteiger partial charge in [-0.25, -0.2) is 0 Å². The van der Waals surface area contributed by atoms with E-state index in [0.717, 1.165) is 18.6 Å². The Bertz CT molecular complexity index is 389. The van der Waals surface area contributed by atoms with Crippen LogP contribution in [0.2, 0.25) is 0 Å². The highest BCUT2D eigenvalue weighted by Crippen LogP contribution is 2.40. The van der Waals surface area contributed by atoms with Gasteiger partial charge in [0.05, 0.1) is 0 Å². The molecular formula is C12H16N2O2. The number of rotatable bonds is 3. The number of hydrogen-bond donors (Lipinski definition) is 1. The average Bonchev–Trinajstić information content (AvgIpc) is 2.82. The van der Waals surface area contributed by atoms with Crippen molar-refractivity contribution in [3.63, 3.8) is 0 Å². The first-order valence-corrected chi connectivity index (χ1v) is 6.10. The lowest BCUT2D eigenvalue weighted by molar-refractivity contribution is 0.0928. The van der Waals surface area contributed by atoms with Crippen LogP contribution in [0, 0.1) is 0 Å². The molecule has 2 fully saturated rings. The molecule has 1 amide bonds. The van der Waals surface area contributed by atoms with E-state index >= 15 is 0 Å². The number of nitrogens with one attached hydrogen (secondary N) is 1. The van der Waals surface area contributed by atoms with Gasteiger partial charge in [0.1, 0.15) is 5.76 Å². The maximum absolute atomic E-state index is 11.8. The van der Waals surface area contributed by atoms with Crippen molar-refractivity contribution >= 4 is 5.91 Å². The number of nitrogens with zero attached hydrogens (tertiary/aromatic N) is 1. The van der Waals surface area contributed by atoms with Crippen LogP contribution >= 0.6 is 0 Å². The normalized spacial score (nSPS) is 21.2. The summed E-state index contributed by atoms with van der Waals surface area (Å²) in [5, 5.41) is 6.84. The lowest BCUT2D eigenvalue weighted by Crippen LogP contribution is -2.32. The van der Waals surface area contributed by atoms with Gasteiger partial charge in [0.2, 0.25) is 0 Å². The van der Waals surface area contributed by atoms with E-state index in [1.165, 1.54) is 25.7 Å². The summed E-state index contributed by atoms with van der Waals surface area (Å²) >= 11 is 0. The summed E-state index contributed by atoms with van der Waals surface area (Å²) in [6, 6.07) is 2.13. The fourth-order valence-electron chi connectivity index (χ4n) is 2.29. The highest BCUT2D eigenvalue weighted by Gasteiger charge is 2.29. The lowest BCUT2D eigenvalue weighted by Gasteiger charge is -2.09. The first-order valence-electron chi connectivity index (χ1n) is 6.10. The molecule has 0 aliphatic heterocycles. The molecule has 1 aromatic heterocycles. The molecule has 0 spiro atoms. The molecule has 0 atom stereocenters. The molecule has 2 aliphatic rings. The Morgan fingerprint density at radius 2 is 2.06 bits per heavy atom. The van der Waals surface area contributed by atoms with Gasteiger partial charge in [-0.2, -0.15) is 0 Å². The summed E-state index contributed by atoms with van der Waals surface area (Å²) in [5.74, 6) is 1.31. The van der Waals surface area contributed by atoms with Crippen molar-refractivity contribution in [3.05, 3.63) is 17.5 Å². The Morgan fingerprint density at radius 1 is 1.31 bits per heavy atom. The second-order valence-electron chi connectivity index (χ2n) is 4.84. The highest BCUT2D eigenvalue weighted by atomic mass is 16.5. The van der Waals surface area contributed by atoms with E-state index in [1.54, 1.807) is 6.07 Å². The monoisotopic (exact) mass is 220 g/mol. The predicted molar refractivity (Wildman–Crippen MR) is 58.2 cm³/mol. The molecule has 16 heavy (non-hydrogen) atoms. The van der Waals surface area contributed by atoms with Gasteiger partial charge in [0.15, 0.2) is 5.69 Å². The molecule has 86 valence electrons. The van der Waals surface area contributed by atoms with Gasteiger partial charge in [-0.3, -0.25) is 4.79 Å². The van der Waals surface area contributed by atoms with E-state index < -0.39 is 0 Å². The molecule has 0 bridgehead atoms. The minimum atomic E-state index is -0.0810. The number of amides is 1. The van der Waals surface area contributed by atoms with Crippen LogP contribution in [-0.4, -0.2) is 17.1 Å². The van der Waals surface area contributed by atoms with Crippen molar-refractivity contribution < 1.29 is 9.32 Å². The third-order valence-corrected chi connectivity index (χ3v) is 3.43. The van der Waals surface area contributed by atoms with Crippen LogP contribution in [0.25, 0.3) is 0 Å². The summed E-state index contributed by atoms with van der Waals surface area (Å²) in [4.78, 5) is 11.8. The number of carbonyl (C=O) groups excluding carboxylic acids is 1. The molecule has 1 aromatic rings. The lowest BCUT2D eigenvalue weighted by atomic mass is 10.2. The first kappa shape index (κ1) is 9.87. The minimum Gasteiger partial charge on any atom is -0.360 e. The van der Waals surface area contributed by atoms with Crippen LogP contribution in [0.4, 0.5) is 0 Å². The summed E-state index contributed by atoms with van der Waals surface area (Å²) in [5.41, 5.74) is 0.439. The standard InChI is InChI=1S/C12H16N2O2/c15-12(13-9-3-1-2-4-9)10-7-11(16-14-10)8-5-6-8/h7-9H,1-6H2,(H,13,15). The van der Waals surface area contributed by atoms with Gasteiger partial charge in [-0.1, -0.05) is 18.0 Å². The highest BCUT2D eigenvalue weighted by molar-refractivity contribution is 5.92. The molecule has 0 aromatic carbocycles. The molecule has 2 saturated carbocycles. The van der Waals surface area contributed by atoms with E-state index in [-0.39, 0.29) is 5.91 Å². The van der Waals surface area contributed by atoms with E-state index in [4.69, 9.17) is 4.52 Å². The summed E-state index contributed by atoms with van der Waals surface area (Å²) in [6.07, 6.45) is 6.96. The molecule has 1 heterocycles. The van der Waals surface area contributed by atoms with Crippen LogP contribution in [-0.2, 0) is 0 Å². The zero-order chi connectivity index (χ0) is 11.0.